The van der Waals surface area contributed by atoms with Crippen LogP contribution in [0.15, 0.2) is 0 Å². The van der Waals surface area contributed by atoms with Crippen molar-refractivity contribution in [2.45, 2.75) is 12.5 Å². The van der Waals surface area contributed by atoms with Gasteiger partial charge in [-0.15, -0.1) is 6.42 Å². The zero-order valence-electron chi connectivity index (χ0n) is 7.37. The molecule has 72 valence electrons. The minimum Gasteiger partial charge on any atom is -0.469 e. The minimum atomic E-state index is -0.902. The van der Waals surface area contributed by atoms with Gasteiger partial charge in [-0.2, -0.15) is 0 Å². The number of nitrogens with one attached hydrogen (secondary N) is 1. The molecule has 0 bridgehead atoms. The zero-order valence-corrected chi connectivity index (χ0v) is 7.37. The molecule has 0 aliphatic carbocycles. The monoisotopic (exact) mass is 184 g/mol. The second-order valence-electron chi connectivity index (χ2n) is 2.31. The van der Waals surface area contributed by atoms with E-state index in [-0.39, 0.29) is 13.0 Å². The molecular formula is C8H12N2O3. The summed E-state index contributed by atoms with van der Waals surface area (Å²) in [6.07, 6.45) is 4.76. The fraction of sp³-hybridized carbons (Fsp3) is 0.500. The van der Waals surface area contributed by atoms with Crippen molar-refractivity contribution in [2.24, 2.45) is 5.73 Å². The molecule has 0 aliphatic rings. The number of carbonyl (C=O) groups excluding carboxylic acids is 2. The second-order valence-corrected chi connectivity index (χ2v) is 2.31. The van der Waals surface area contributed by atoms with Crippen molar-refractivity contribution >= 4 is 11.9 Å². The maximum Gasteiger partial charge on any atom is 0.307 e. The van der Waals surface area contributed by atoms with Gasteiger partial charge >= 0.3 is 5.97 Å². The molecule has 3 N–H and O–H groups in total. The van der Waals surface area contributed by atoms with Crippen LogP contribution in [0.5, 0.6) is 0 Å². The van der Waals surface area contributed by atoms with Crippen molar-refractivity contribution < 1.29 is 14.3 Å². The van der Waals surface area contributed by atoms with Crippen LogP contribution < -0.4 is 11.1 Å². The van der Waals surface area contributed by atoms with Crippen LogP contribution in [0, 0.1) is 12.3 Å². The Balaban J connectivity index is 3.83. The summed E-state index contributed by atoms with van der Waals surface area (Å²) in [5, 5.41) is 2.35. The first-order valence-electron chi connectivity index (χ1n) is 3.65. The van der Waals surface area contributed by atoms with Crippen molar-refractivity contribution in [3.05, 3.63) is 0 Å². The van der Waals surface area contributed by atoms with Crippen LogP contribution in [-0.2, 0) is 14.3 Å². The van der Waals surface area contributed by atoms with Crippen LogP contribution in [0.25, 0.3) is 0 Å². The number of ether oxygens (including phenoxy) is 1. The second kappa shape index (κ2) is 6.03. The summed E-state index contributed by atoms with van der Waals surface area (Å²) < 4.78 is 4.34. The number of methoxy groups -OCH3 is 1. The van der Waals surface area contributed by atoms with Gasteiger partial charge in [-0.3, -0.25) is 9.59 Å². The predicted octanol–water partition coefficient (Wildman–Crippen LogP) is -1.37. The molecule has 0 fully saturated rings. The van der Waals surface area contributed by atoms with Gasteiger partial charge in [0.15, 0.2) is 0 Å². The standard InChI is InChI=1S/C8H12N2O3/c1-3-4-10-8(12)6(9)5-7(11)13-2/h1,6H,4-5,9H2,2H3,(H,10,12)/t6-/m0/s1. The van der Waals surface area contributed by atoms with Gasteiger partial charge in [-0.05, 0) is 0 Å². The Hall–Kier alpha value is -1.54. The van der Waals surface area contributed by atoms with Crippen molar-refractivity contribution in [1.82, 2.24) is 5.32 Å². The zero-order chi connectivity index (χ0) is 10.3. The molecule has 5 nitrogen and oxygen atoms in total. The summed E-state index contributed by atoms with van der Waals surface area (Å²) in [6, 6.07) is -0.902. The molecule has 0 aromatic carbocycles. The number of carbonyl (C=O) groups is 2. The van der Waals surface area contributed by atoms with Gasteiger partial charge < -0.3 is 15.8 Å². The molecule has 0 saturated carbocycles. The lowest BCUT2D eigenvalue weighted by atomic mass is 10.2. The highest BCUT2D eigenvalue weighted by Crippen LogP contribution is 1.90. The lowest BCUT2D eigenvalue weighted by molar-refractivity contribution is -0.142. The van der Waals surface area contributed by atoms with Crippen molar-refractivity contribution in [1.29, 1.82) is 0 Å². The first-order chi connectivity index (χ1) is 6.11. The molecule has 13 heavy (non-hydrogen) atoms. The first-order valence-corrected chi connectivity index (χ1v) is 3.65. The van der Waals surface area contributed by atoms with E-state index in [0.717, 1.165) is 0 Å². The van der Waals surface area contributed by atoms with Gasteiger partial charge in [-0.1, -0.05) is 5.92 Å². The van der Waals surface area contributed by atoms with Crippen molar-refractivity contribution in [3.8, 4) is 12.3 Å². The summed E-state index contributed by atoms with van der Waals surface area (Å²) >= 11 is 0. The molecule has 1 atom stereocenters. The highest BCUT2D eigenvalue weighted by atomic mass is 16.5. The Kier molecular flexibility index (Phi) is 5.32. The van der Waals surface area contributed by atoms with Gasteiger partial charge in [0.1, 0.15) is 0 Å². The minimum absolute atomic E-state index is 0.105. The van der Waals surface area contributed by atoms with Gasteiger partial charge in [0.2, 0.25) is 5.91 Å². The normalized spacial score (nSPS) is 11.2. The number of amides is 1. The number of nitrogens with two attached hydrogens (primary N) is 1. The highest BCUT2D eigenvalue weighted by molar-refractivity contribution is 5.86. The number of hydrogen-bond donors (Lipinski definition) is 2. The largest absolute Gasteiger partial charge is 0.469 e. The summed E-state index contributed by atoms with van der Waals surface area (Å²) in [6.45, 7) is 0.105. The molecular weight excluding hydrogens is 172 g/mol. The lowest BCUT2D eigenvalue weighted by Crippen LogP contribution is -2.42. The molecule has 1 amide bonds. The number of hydrogen-bond acceptors (Lipinski definition) is 4. The first kappa shape index (κ1) is 11.5. The van der Waals surface area contributed by atoms with E-state index < -0.39 is 17.9 Å². The average molecular weight is 184 g/mol. The van der Waals surface area contributed by atoms with Gasteiger partial charge in [0.25, 0.3) is 0 Å². The molecule has 0 saturated heterocycles. The molecule has 0 aliphatic heterocycles. The van der Waals surface area contributed by atoms with Crippen LogP contribution in [-0.4, -0.2) is 31.6 Å². The molecule has 0 radical (unpaired) electrons. The predicted molar refractivity (Wildman–Crippen MR) is 46.5 cm³/mol. The maximum absolute atomic E-state index is 11.0. The quantitative estimate of drug-likeness (QED) is 0.417. The molecule has 0 heterocycles. The van der Waals surface area contributed by atoms with E-state index in [4.69, 9.17) is 12.2 Å². The van der Waals surface area contributed by atoms with Crippen LogP contribution >= 0.6 is 0 Å². The molecule has 0 unspecified atom stereocenters. The van der Waals surface area contributed by atoms with Crippen molar-refractivity contribution in [3.63, 3.8) is 0 Å². The summed E-state index contributed by atoms with van der Waals surface area (Å²) in [4.78, 5) is 21.7. The van der Waals surface area contributed by atoms with E-state index in [1.54, 1.807) is 0 Å². The highest BCUT2D eigenvalue weighted by Gasteiger charge is 2.16. The van der Waals surface area contributed by atoms with Gasteiger partial charge in [-0.25, -0.2) is 0 Å². The van der Waals surface area contributed by atoms with E-state index in [0.29, 0.717) is 0 Å². The third-order valence-corrected chi connectivity index (χ3v) is 1.32. The van der Waals surface area contributed by atoms with Crippen LogP contribution in [0.3, 0.4) is 0 Å². The van der Waals surface area contributed by atoms with E-state index in [9.17, 15) is 9.59 Å². The van der Waals surface area contributed by atoms with E-state index in [1.165, 1.54) is 7.11 Å². The fourth-order valence-electron chi connectivity index (χ4n) is 0.625. The molecule has 0 spiro atoms. The number of esters is 1. The third-order valence-electron chi connectivity index (χ3n) is 1.32. The molecule has 0 rings (SSSR count). The smallest absolute Gasteiger partial charge is 0.307 e. The lowest BCUT2D eigenvalue weighted by Gasteiger charge is -2.08. The summed E-state index contributed by atoms with van der Waals surface area (Å²) in [5.74, 6) is 1.24. The Morgan fingerprint density at radius 3 is 2.77 bits per heavy atom. The fourth-order valence-corrected chi connectivity index (χ4v) is 0.625. The SMILES string of the molecule is C#CCNC(=O)[C@@H](N)CC(=O)OC. The van der Waals surface area contributed by atoms with Gasteiger partial charge in [0, 0.05) is 0 Å². The average Bonchev–Trinajstić information content (AvgIpc) is 2.13. The topological polar surface area (TPSA) is 81.4 Å². The number of terminal acetylenes is 1. The Labute approximate surface area is 76.6 Å². The third kappa shape index (κ3) is 4.82. The van der Waals surface area contributed by atoms with Crippen molar-refractivity contribution in [2.75, 3.05) is 13.7 Å². The molecule has 0 aromatic heterocycles. The molecule has 5 heteroatoms. The van der Waals surface area contributed by atoms with Crippen LogP contribution in [0.1, 0.15) is 6.42 Å². The molecule has 0 aromatic rings. The van der Waals surface area contributed by atoms with E-state index >= 15 is 0 Å². The van der Waals surface area contributed by atoms with Crippen LogP contribution in [0.2, 0.25) is 0 Å². The van der Waals surface area contributed by atoms with E-state index in [1.807, 2.05) is 0 Å². The summed E-state index contributed by atoms with van der Waals surface area (Å²) in [5.41, 5.74) is 5.35. The maximum atomic E-state index is 11.0. The Morgan fingerprint density at radius 2 is 2.31 bits per heavy atom. The number of rotatable bonds is 4. The van der Waals surface area contributed by atoms with E-state index in [2.05, 4.69) is 16.0 Å². The summed E-state index contributed by atoms with van der Waals surface area (Å²) in [7, 11) is 1.23. The Bertz CT molecular complexity index is 232. The Morgan fingerprint density at radius 1 is 1.69 bits per heavy atom. The van der Waals surface area contributed by atoms with Gasteiger partial charge in [0.05, 0.1) is 26.1 Å². The van der Waals surface area contributed by atoms with Crippen LogP contribution in [0.4, 0.5) is 0 Å².